The number of hydrogen-bond donors (Lipinski definition) is 1. The Bertz CT molecular complexity index is 511. The number of aromatic nitrogens is 1. The minimum absolute atomic E-state index is 0.0388. The van der Waals surface area contributed by atoms with E-state index >= 15 is 0 Å². The lowest BCUT2D eigenvalue weighted by Crippen LogP contribution is -2.40. The number of carboxylic acid groups (broad SMARTS) is 1. The van der Waals surface area contributed by atoms with E-state index in [2.05, 4.69) is 4.98 Å². The van der Waals surface area contributed by atoms with Crippen molar-refractivity contribution >= 4 is 6.09 Å². The predicted molar refractivity (Wildman–Crippen MR) is 71.7 cm³/mol. The van der Waals surface area contributed by atoms with Crippen LogP contribution >= 0.6 is 0 Å². The Morgan fingerprint density at radius 3 is 2.41 bits per heavy atom. The van der Waals surface area contributed by atoms with E-state index in [1.165, 1.54) is 18.0 Å². The first-order valence-corrected chi connectivity index (χ1v) is 6.93. The lowest BCUT2D eigenvalue weighted by molar-refractivity contribution is -0.141. The highest BCUT2D eigenvalue weighted by molar-refractivity contribution is 5.64. The maximum absolute atomic E-state index is 12.4. The van der Waals surface area contributed by atoms with Gasteiger partial charge >= 0.3 is 12.3 Å². The lowest BCUT2D eigenvalue weighted by atomic mass is 9.92. The number of halogens is 3. The molecule has 0 radical (unpaired) electrons. The van der Waals surface area contributed by atoms with Gasteiger partial charge in [0.25, 0.3) is 0 Å². The molecule has 0 atom stereocenters. The molecule has 0 bridgehead atoms. The topological polar surface area (TPSA) is 62.7 Å². The third-order valence-corrected chi connectivity index (χ3v) is 3.82. The van der Waals surface area contributed by atoms with Crippen molar-refractivity contribution in [3.63, 3.8) is 0 Å². The molecule has 1 amide bonds. The molecule has 2 rings (SSSR count). The fourth-order valence-electron chi connectivity index (χ4n) is 2.52. The first-order chi connectivity index (χ1) is 10.3. The van der Waals surface area contributed by atoms with Crippen LogP contribution in [0.25, 0.3) is 0 Å². The number of amides is 1. The van der Waals surface area contributed by atoms with Gasteiger partial charge in [0.1, 0.15) is 11.4 Å². The summed E-state index contributed by atoms with van der Waals surface area (Å²) >= 11 is 0. The maximum Gasteiger partial charge on any atom is 0.433 e. The van der Waals surface area contributed by atoms with Crippen LogP contribution in [-0.2, 0) is 6.18 Å². The van der Waals surface area contributed by atoms with Gasteiger partial charge in [-0.15, -0.1) is 0 Å². The Morgan fingerprint density at radius 2 is 1.95 bits per heavy atom. The molecule has 0 saturated heterocycles. The van der Waals surface area contributed by atoms with Crippen LogP contribution in [0.2, 0.25) is 0 Å². The Kier molecular flexibility index (Phi) is 4.77. The lowest BCUT2D eigenvalue weighted by Gasteiger charge is -2.33. The number of pyridine rings is 1. The zero-order chi connectivity index (χ0) is 16.3. The fourth-order valence-corrected chi connectivity index (χ4v) is 2.52. The molecule has 1 saturated carbocycles. The molecule has 1 aromatic rings. The Labute approximate surface area is 125 Å². The third kappa shape index (κ3) is 4.02. The summed E-state index contributed by atoms with van der Waals surface area (Å²) in [5.74, 6) is 0.294. The van der Waals surface area contributed by atoms with Crippen LogP contribution in [0.1, 0.15) is 31.4 Å². The molecular weight excluding hydrogens is 301 g/mol. The van der Waals surface area contributed by atoms with Gasteiger partial charge in [0.2, 0.25) is 0 Å². The van der Waals surface area contributed by atoms with E-state index in [9.17, 15) is 18.0 Å². The minimum Gasteiger partial charge on any atom is -0.489 e. The molecule has 122 valence electrons. The van der Waals surface area contributed by atoms with Crippen molar-refractivity contribution in [2.45, 2.75) is 44.0 Å². The summed E-state index contributed by atoms with van der Waals surface area (Å²) in [5, 5.41) is 8.92. The van der Waals surface area contributed by atoms with Crippen LogP contribution in [0.4, 0.5) is 18.0 Å². The highest BCUT2D eigenvalue weighted by Gasteiger charge is 2.32. The number of nitrogens with zero attached hydrogens (tertiary/aromatic N) is 2. The van der Waals surface area contributed by atoms with Crippen molar-refractivity contribution < 1.29 is 27.8 Å². The van der Waals surface area contributed by atoms with Gasteiger partial charge in [0.05, 0.1) is 12.3 Å². The quantitative estimate of drug-likeness (QED) is 0.928. The van der Waals surface area contributed by atoms with Crippen LogP contribution in [0.15, 0.2) is 18.3 Å². The molecule has 5 nitrogen and oxygen atoms in total. The van der Waals surface area contributed by atoms with E-state index < -0.39 is 18.0 Å². The first-order valence-electron chi connectivity index (χ1n) is 6.93. The maximum atomic E-state index is 12.4. The molecule has 0 aliphatic heterocycles. The second-order valence-corrected chi connectivity index (χ2v) is 5.32. The van der Waals surface area contributed by atoms with Gasteiger partial charge in [-0.2, -0.15) is 13.2 Å². The normalized spacial score (nSPS) is 22.2. The molecule has 0 unspecified atom stereocenters. The van der Waals surface area contributed by atoms with E-state index in [-0.39, 0.29) is 12.1 Å². The first kappa shape index (κ1) is 16.4. The summed E-state index contributed by atoms with van der Waals surface area (Å²) < 4.78 is 42.8. The van der Waals surface area contributed by atoms with E-state index in [0.717, 1.165) is 12.3 Å². The number of ether oxygens (including phenoxy) is 1. The molecule has 1 aliphatic carbocycles. The zero-order valence-electron chi connectivity index (χ0n) is 12.0. The third-order valence-electron chi connectivity index (χ3n) is 3.82. The van der Waals surface area contributed by atoms with Crippen molar-refractivity contribution in [1.29, 1.82) is 0 Å². The van der Waals surface area contributed by atoms with Gasteiger partial charge in [-0.1, -0.05) is 0 Å². The second-order valence-electron chi connectivity index (χ2n) is 5.32. The van der Waals surface area contributed by atoms with Gasteiger partial charge in [-0.05, 0) is 37.8 Å². The molecule has 0 aromatic carbocycles. The van der Waals surface area contributed by atoms with Gasteiger partial charge in [0, 0.05) is 13.1 Å². The SMILES string of the molecule is CN(C(=O)O)C1CCC(Oc2ccc(C(F)(F)F)nc2)CC1. The summed E-state index contributed by atoms with van der Waals surface area (Å²) in [6.07, 6.45) is -1.83. The number of hydrogen-bond acceptors (Lipinski definition) is 3. The molecule has 8 heteroatoms. The number of rotatable bonds is 3. The summed E-state index contributed by atoms with van der Waals surface area (Å²) in [6.45, 7) is 0. The van der Waals surface area contributed by atoms with Gasteiger partial charge < -0.3 is 14.7 Å². The molecular formula is C14H17F3N2O3. The van der Waals surface area contributed by atoms with Crippen LogP contribution in [0.3, 0.4) is 0 Å². The number of alkyl halides is 3. The van der Waals surface area contributed by atoms with Crippen LogP contribution in [0.5, 0.6) is 5.75 Å². The Hall–Kier alpha value is -1.99. The van der Waals surface area contributed by atoms with E-state index in [1.54, 1.807) is 0 Å². The van der Waals surface area contributed by atoms with Crippen molar-refractivity contribution in [3.8, 4) is 5.75 Å². The minimum atomic E-state index is -4.46. The van der Waals surface area contributed by atoms with Crippen LogP contribution in [-0.4, -0.2) is 40.3 Å². The van der Waals surface area contributed by atoms with Crippen molar-refractivity contribution in [1.82, 2.24) is 9.88 Å². The Balaban J connectivity index is 1.87. The molecule has 1 aromatic heterocycles. The van der Waals surface area contributed by atoms with Crippen molar-refractivity contribution in [2.24, 2.45) is 0 Å². The average Bonchev–Trinajstić information content (AvgIpc) is 2.47. The second kappa shape index (κ2) is 6.41. The standard InChI is InChI=1S/C14H17F3N2O3/c1-19(13(20)21)9-2-4-10(5-3-9)22-11-6-7-12(18-8-11)14(15,16)17/h6-10H,2-5H2,1H3,(H,20,21). The molecule has 1 aliphatic rings. The van der Waals surface area contributed by atoms with Crippen LogP contribution < -0.4 is 4.74 Å². The average molecular weight is 318 g/mol. The summed E-state index contributed by atoms with van der Waals surface area (Å²) in [7, 11) is 1.54. The van der Waals surface area contributed by atoms with E-state index in [0.29, 0.717) is 31.4 Å². The largest absolute Gasteiger partial charge is 0.489 e. The number of carbonyl (C=O) groups is 1. The predicted octanol–water partition coefficient (Wildman–Crippen LogP) is 3.40. The highest BCUT2D eigenvalue weighted by atomic mass is 19.4. The molecule has 1 heterocycles. The highest BCUT2D eigenvalue weighted by Crippen LogP contribution is 2.30. The monoisotopic (exact) mass is 318 g/mol. The molecule has 1 N–H and O–H groups in total. The summed E-state index contributed by atoms with van der Waals surface area (Å²) in [5.41, 5.74) is -0.952. The van der Waals surface area contributed by atoms with Crippen molar-refractivity contribution in [3.05, 3.63) is 24.0 Å². The van der Waals surface area contributed by atoms with Crippen molar-refractivity contribution in [2.75, 3.05) is 7.05 Å². The molecule has 0 spiro atoms. The van der Waals surface area contributed by atoms with Gasteiger partial charge in [-0.3, -0.25) is 0 Å². The fraction of sp³-hybridized carbons (Fsp3) is 0.571. The smallest absolute Gasteiger partial charge is 0.433 e. The Morgan fingerprint density at radius 1 is 1.32 bits per heavy atom. The summed E-state index contributed by atoms with van der Waals surface area (Å²) in [6, 6.07) is 2.10. The van der Waals surface area contributed by atoms with E-state index in [1.807, 2.05) is 0 Å². The zero-order valence-corrected chi connectivity index (χ0v) is 12.0. The van der Waals surface area contributed by atoms with Gasteiger partial charge in [0.15, 0.2) is 0 Å². The van der Waals surface area contributed by atoms with Gasteiger partial charge in [-0.25, -0.2) is 9.78 Å². The molecule has 22 heavy (non-hydrogen) atoms. The summed E-state index contributed by atoms with van der Waals surface area (Å²) in [4.78, 5) is 15.5. The molecule has 1 fully saturated rings. The van der Waals surface area contributed by atoms with E-state index in [4.69, 9.17) is 9.84 Å². The van der Waals surface area contributed by atoms with Crippen LogP contribution in [0, 0.1) is 0 Å².